The Labute approximate surface area is 124 Å². The van der Waals surface area contributed by atoms with Crippen LogP contribution in [0.3, 0.4) is 0 Å². The van der Waals surface area contributed by atoms with Crippen LogP contribution >= 0.6 is 11.3 Å². The molecule has 1 aliphatic heterocycles. The number of aryl methyl sites for hydroxylation is 1. The van der Waals surface area contributed by atoms with Crippen LogP contribution in [0.5, 0.6) is 0 Å². The predicted octanol–water partition coefficient (Wildman–Crippen LogP) is 3.30. The molecule has 0 aromatic carbocycles. The lowest BCUT2D eigenvalue weighted by Gasteiger charge is -2.32. The summed E-state index contributed by atoms with van der Waals surface area (Å²) in [5.74, 6) is 0.734. The first-order valence-corrected chi connectivity index (χ1v) is 8.21. The molecule has 1 aliphatic rings. The lowest BCUT2D eigenvalue weighted by atomic mass is 9.93. The third-order valence-corrected chi connectivity index (χ3v) is 4.65. The summed E-state index contributed by atoms with van der Waals surface area (Å²) in [4.78, 5) is 11.6. The molecule has 0 unspecified atom stereocenters. The van der Waals surface area contributed by atoms with Crippen molar-refractivity contribution in [1.29, 1.82) is 0 Å². The molecule has 3 heterocycles. The Balaban J connectivity index is 1.57. The average Bonchev–Trinajstić information content (AvgIpc) is 2.92. The first kappa shape index (κ1) is 13.7. The topological polar surface area (TPSA) is 29.0 Å². The fourth-order valence-corrected chi connectivity index (χ4v) is 3.65. The number of aromatic nitrogens is 2. The number of pyridine rings is 1. The zero-order valence-electron chi connectivity index (χ0n) is 12.0. The normalized spacial score (nSPS) is 20.1. The summed E-state index contributed by atoms with van der Waals surface area (Å²) < 4.78 is 0. The van der Waals surface area contributed by atoms with Crippen molar-refractivity contribution in [2.45, 2.75) is 32.7 Å². The van der Waals surface area contributed by atoms with E-state index < -0.39 is 0 Å². The molecular formula is C16H21N3S. The molecule has 106 valence electrons. The van der Waals surface area contributed by atoms with Crippen molar-refractivity contribution >= 4 is 11.3 Å². The lowest BCUT2D eigenvalue weighted by Crippen LogP contribution is -2.35. The number of nitrogens with zero attached hydrogens (tertiary/aromatic N) is 3. The van der Waals surface area contributed by atoms with Crippen molar-refractivity contribution < 1.29 is 0 Å². The Morgan fingerprint density at radius 1 is 1.40 bits per heavy atom. The van der Waals surface area contributed by atoms with Crippen molar-refractivity contribution in [2.75, 3.05) is 13.1 Å². The molecule has 20 heavy (non-hydrogen) atoms. The predicted molar refractivity (Wildman–Crippen MR) is 82.8 cm³/mol. The molecule has 0 aliphatic carbocycles. The summed E-state index contributed by atoms with van der Waals surface area (Å²) in [5, 5.41) is 3.30. The largest absolute Gasteiger partial charge is 0.296 e. The van der Waals surface area contributed by atoms with E-state index in [0.29, 0.717) is 0 Å². The molecule has 0 radical (unpaired) electrons. The molecule has 3 rings (SSSR count). The van der Waals surface area contributed by atoms with Gasteiger partial charge >= 0.3 is 0 Å². The second kappa shape index (κ2) is 6.46. The number of rotatable bonds is 4. The number of likely N-dealkylation sites (tertiary alicyclic amines) is 1. The number of piperidine rings is 1. The zero-order chi connectivity index (χ0) is 13.8. The molecule has 0 N–H and O–H groups in total. The number of thiazole rings is 1. The van der Waals surface area contributed by atoms with Crippen molar-refractivity contribution in [1.82, 2.24) is 14.9 Å². The van der Waals surface area contributed by atoms with E-state index in [1.54, 1.807) is 11.3 Å². The number of hydrogen-bond donors (Lipinski definition) is 0. The van der Waals surface area contributed by atoms with Gasteiger partial charge in [-0.3, -0.25) is 9.88 Å². The third-order valence-electron chi connectivity index (χ3n) is 3.89. The van der Waals surface area contributed by atoms with Crippen LogP contribution in [0.2, 0.25) is 0 Å². The molecule has 4 heteroatoms. The van der Waals surface area contributed by atoms with Gasteiger partial charge in [0.25, 0.3) is 0 Å². The molecule has 2 aromatic heterocycles. The van der Waals surface area contributed by atoms with E-state index in [0.717, 1.165) is 24.6 Å². The van der Waals surface area contributed by atoms with Crippen LogP contribution in [-0.4, -0.2) is 28.0 Å². The Kier molecular flexibility index (Phi) is 4.43. The summed E-state index contributed by atoms with van der Waals surface area (Å²) in [6.07, 6.45) is 5.62. The van der Waals surface area contributed by atoms with Gasteiger partial charge < -0.3 is 0 Å². The molecule has 0 saturated carbocycles. The first-order valence-electron chi connectivity index (χ1n) is 7.33. The van der Waals surface area contributed by atoms with Gasteiger partial charge in [0.2, 0.25) is 0 Å². The van der Waals surface area contributed by atoms with Gasteiger partial charge in [-0.15, -0.1) is 11.3 Å². The summed E-state index contributed by atoms with van der Waals surface area (Å²) in [5.41, 5.74) is 2.36. The van der Waals surface area contributed by atoms with Gasteiger partial charge in [-0.2, -0.15) is 0 Å². The van der Waals surface area contributed by atoms with Gasteiger partial charge in [0.1, 0.15) is 5.01 Å². The van der Waals surface area contributed by atoms with E-state index in [2.05, 4.69) is 45.4 Å². The van der Waals surface area contributed by atoms with Crippen LogP contribution in [0, 0.1) is 12.8 Å². The highest BCUT2D eigenvalue weighted by molar-refractivity contribution is 7.09. The number of hydrogen-bond acceptors (Lipinski definition) is 4. The second-order valence-corrected chi connectivity index (χ2v) is 6.62. The second-order valence-electron chi connectivity index (χ2n) is 5.64. The standard InChI is InChI=1S/C16H21N3S/c1-13-4-2-6-15(18-13)10-14-5-3-8-19(11-14)12-16-17-7-9-20-16/h2,4,6-7,9,14H,3,5,8,10-12H2,1H3/t14-/m0/s1. The van der Waals surface area contributed by atoms with Crippen molar-refractivity contribution in [3.63, 3.8) is 0 Å². The van der Waals surface area contributed by atoms with E-state index in [1.807, 2.05) is 6.20 Å². The van der Waals surface area contributed by atoms with Crippen LogP contribution in [0.25, 0.3) is 0 Å². The maximum absolute atomic E-state index is 4.64. The van der Waals surface area contributed by atoms with Gasteiger partial charge in [0.15, 0.2) is 0 Å². The SMILES string of the molecule is Cc1cccc(C[C@@H]2CCCN(Cc3nccs3)C2)n1. The van der Waals surface area contributed by atoms with Gasteiger partial charge in [-0.05, 0) is 50.8 Å². The quantitative estimate of drug-likeness (QED) is 0.864. The lowest BCUT2D eigenvalue weighted by molar-refractivity contribution is 0.166. The highest BCUT2D eigenvalue weighted by Gasteiger charge is 2.21. The van der Waals surface area contributed by atoms with Crippen molar-refractivity contribution in [2.24, 2.45) is 5.92 Å². The highest BCUT2D eigenvalue weighted by Crippen LogP contribution is 2.22. The third kappa shape index (κ3) is 3.64. The van der Waals surface area contributed by atoms with Crippen LogP contribution in [0.4, 0.5) is 0 Å². The minimum Gasteiger partial charge on any atom is -0.296 e. The van der Waals surface area contributed by atoms with E-state index in [9.17, 15) is 0 Å². The molecular weight excluding hydrogens is 266 g/mol. The van der Waals surface area contributed by atoms with Crippen LogP contribution in [-0.2, 0) is 13.0 Å². The molecule has 0 bridgehead atoms. The molecule has 1 saturated heterocycles. The van der Waals surface area contributed by atoms with E-state index >= 15 is 0 Å². The van der Waals surface area contributed by atoms with Gasteiger partial charge in [-0.1, -0.05) is 6.07 Å². The fourth-order valence-electron chi connectivity index (χ4n) is 2.99. The molecule has 0 spiro atoms. The fraction of sp³-hybridized carbons (Fsp3) is 0.500. The molecule has 3 nitrogen and oxygen atoms in total. The Hall–Kier alpha value is -1.26. The average molecular weight is 287 g/mol. The van der Waals surface area contributed by atoms with Crippen molar-refractivity contribution in [3.05, 3.63) is 46.2 Å². The van der Waals surface area contributed by atoms with Crippen LogP contribution < -0.4 is 0 Å². The summed E-state index contributed by atoms with van der Waals surface area (Å²) >= 11 is 1.76. The van der Waals surface area contributed by atoms with Crippen LogP contribution in [0.1, 0.15) is 29.2 Å². The van der Waals surface area contributed by atoms with Crippen LogP contribution in [0.15, 0.2) is 29.8 Å². The summed E-state index contributed by atoms with van der Waals surface area (Å²) in [6, 6.07) is 6.35. The zero-order valence-corrected chi connectivity index (χ0v) is 12.8. The Morgan fingerprint density at radius 2 is 2.35 bits per heavy atom. The minimum absolute atomic E-state index is 0.734. The Bertz CT molecular complexity index is 538. The molecule has 0 amide bonds. The molecule has 1 fully saturated rings. The summed E-state index contributed by atoms with van der Waals surface area (Å²) in [7, 11) is 0. The first-order chi connectivity index (χ1) is 9.79. The van der Waals surface area contributed by atoms with Crippen molar-refractivity contribution in [3.8, 4) is 0 Å². The maximum atomic E-state index is 4.64. The summed E-state index contributed by atoms with van der Waals surface area (Å²) in [6.45, 7) is 5.46. The Morgan fingerprint density at radius 3 is 3.15 bits per heavy atom. The minimum atomic E-state index is 0.734. The molecule has 2 aromatic rings. The van der Waals surface area contributed by atoms with E-state index in [-0.39, 0.29) is 0 Å². The highest BCUT2D eigenvalue weighted by atomic mass is 32.1. The van der Waals surface area contributed by atoms with E-state index in [4.69, 9.17) is 0 Å². The van der Waals surface area contributed by atoms with Gasteiger partial charge in [0, 0.05) is 29.5 Å². The van der Waals surface area contributed by atoms with Gasteiger partial charge in [-0.25, -0.2) is 4.98 Å². The smallest absolute Gasteiger partial charge is 0.107 e. The van der Waals surface area contributed by atoms with Gasteiger partial charge in [0.05, 0.1) is 6.54 Å². The monoisotopic (exact) mass is 287 g/mol. The van der Waals surface area contributed by atoms with E-state index in [1.165, 1.54) is 36.6 Å². The molecule has 1 atom stereocenters. The maximum Gasteiger partial charge on any atom is 0.107 e.